The van der Waals surface area contributed by atoms with E-state index in [1.54, 1.807) is 0 Å². The lowest BCUT2D eigenvalue weighted by Gasteiger charge is -2.45. The van der Waals surface area contributed by atoms with Crippen molar-refractivity contribution < 1.29 is 29.5 Å². The van der Waals surface area contributed by atoms with Gasteiger partial charge in [0.1, 0.15) is 24.4 Å². The molecule has 19 heavy (non-hydrogen) atoms. The first-order valence-corrected chi connectivity index (χ1v) is 6.18. The zero-order valence-electron chi connectivity index (χ0n) is 10.1. The van der Waals surface area contributed by atoms with Crippen LogP contribution in [0, 0.1) is 0 Å². The van der Waals surface area contributed by atoms with Gasteiger partial charge in [0.2, 0.25) is 0 Å². The fraction of sp³-hybridized carbons (Fsp3) is 0.538. The summed E-state index contributed by atoms with van der Waals surface area (Å²) in [4.78, 5) is 0. The summed E-state index contributed by atoms with van der Waals surface area (Å²) in [6.45, 7) is 0.186. The summed E-state index contributed by atoms with van der Waals surface area (Å²) < 4.78 is 16.3. The molecule has 2 heterocycles. The highest BCUT2D eigenvalue weighted by Crippen LogP contribution is 2.33. The van der Waals surface area contributed by atoms with Crippen LogP contribution < -0.4 is 0 Å². The molecule has 2 aliphatic rings. The van der Waals surface area contributed by atoms with E-state index in [0.717, 1.165) is 5.56 Å². The van der Waals surface area contributed by atoms with Crippen molar-refractivity contribution >= 4 is 0 Å². The van der Waals surface area contributed by atoms with Crippen molar-refractivity contribution in [1.29, 1.82) is 0 Å². The molecule has 0 saturated carbocycles. The van der Waals surface area contributed by atoms with Crippen LogP contribution >= 0.6 is 0 Å². The van der Waals surface area contributed by atoms with Gasteiger partial charge < -0.3 is 29.5 Å². The molecule has 2 fully saturated rings. The number of fused-ring (bicyclic) bond motifs is 1. The van der Waals surface area contributed by atoms with E-state index in [1.165, 1.54) is 0 Å². The van der Waals surface area contributed by atoms with Crippen molar-refractivity contribution in [1.82, 2.24) is 0 Å². The molecule has 0 radical (unpaired) electrons. The van der Waals surface area contributed by atoms with Crippen LogP contribution in [0.1, 0.15) is 11.9 Å². The van der Waals surface area contributed by atoms with E-state index in [-0.39, 0.29) is 6.61 Å². The summed E-state index contributed by atoms with van der Waals surface area (Å²) in [5.74, 6) is 0. The van der Waals surface area contributed by atoms with E-state index in [0.29, 0.717) is 0 Å². The summed E-state index contributed by atoms with van der Waals surface area (Å²) >= 11 is 0. The fourth-order valence-electron chi connectivity index (χ4n) is 2.37. The van der Waals surface area contributed by atoms with Crippen molar-refractivity contribution in [2.75, 3.05) is 6.61 Å². The summed E-state index contributed by atoms with van der Waals surface area (Å²) in [5, 5.41) is 29.0. The Morgan fingerprint density at radius 3 is 2.42 bits per heavy atom. The molecule has 6 nitrogen and oxygen atoms in total. The van der Waals surface area contributed by atoms with Gasteiger partial charge in [-0.3, -0.25) is 0 Å². The standard InChI is InChI=1S/C13H16O6/c14-9-10(15)12(16)18-8-6-17-13(19-11(8)9)7-4-2-1-3-5-7/h1-5,8-16H,6H2/t8-,9-,10-,11-,12+,13?/m1/s1. The number of benzene rings is 1. The molecule has 0 amide bonds. The Bertz CT molecular complexity index is 422. The monoisotopic (exact) mass is 268 g/mol. The minimum absolute atomic E-state index is 0.186. The summed E-state index contributed by atoms with van der Waals surface area (Å²) in [6.07, 6.45) is -5.93. The van der Waals surface area contributed by atoms with Crippen LogP contribution in [0.5, 0.6) is 0 Å². The van der Waals surface area contributed by atoms with Gasteiger partial charge in [-0.05, 0) is 0 Å². The SMILES string of the molecule is O[C@@H]1[C@@H](O)[C@@H](O)O[C@@H]2COC(c3ccccc3)O[C@@H]12. The molecule has 0 aliphatic carbocycles. The first kappa shape index (κ1) is 13.0. The third kappa shape index (κ3) is 2.38. The highest BCUT2D eigenvalue weighted by atomic mass is 16.7. The molecule has 6 heteroatoms. The zero-order chi connectivity index (χ0) is 13.4. The number of hydrogen-bond donors (Lipinski definition) is 3. The second-order valence-corrected chi connectivity index (χ2v) is 4.72. The first-order valence-electron chi connectivity index (χ1n) is 6.18. The average molecular weight is 268 g/mol. The molecule has 1 aromatic rings. The molecule has 104 valence electrons. The highest BCUT2D eigenvalue weighted by molar-refractivity contribution is 5.16. The fourth-order valence-corrected chi connectivity index (χ4v) is 2.37. The summed E-state index contributed by atoms with van der Waals surface area (Å²) in [5.41, 5.74) is 0.828. The molecule has 0 aromatic heterocycles. The Hall–Kier alpha value is -1.02. The van der Waals surface area contributed by atoms with E-state index in [1.807, 2.05) is 30.3 Å². The minimum Gasteiger partial charge on any atom is -0.387 e. The van der Waals surface area contributed by atoms with Crippen molar-refractivity contribution in [3.05, 3.63) is 35.9 Å². The second-order valence-electron chi connectivity index (χ2n) is 4.72. The van der Waals surface area contributed by atoms with Gasteiger partial charge in [-0.25, -0.2) is 0 Å². The maximum absolute atomic E-state index is 9.94. The molecule has 6 atom stereocenters. The normalized spacial score (nSPS) is 42.7. The molecule has 1 unspecified atom stereocenters. The van der Waals surface area contributed by atoms with E-state index >= 15 is 0 Å². The minimum atomic E-state index is -1.42. The predicted octanol–water partition coefficient (Wildman–Crippen LogP) is -0.460. The molecule has 1 aromatic carbocycles. The van der Waals surface area contributed by atoms with Gasteiger partial charge in [0.15, 0.2) is 12.6 Å². The Balaban J connectivity index is 1.75. The molecule has 0 spiro atoms. The van der Waals surface area contributed by atoms with Crippen LogP contribution in [0.3, 0.4) is 0 Å². The lowest BCUT2D eigenvalue weighted by molar-refractivity contribution is -0.354. The first-order chi connectivity index (χ1) is 9.16. The molecular formula is C13H16O6. The Morgan fingerprint density at radius 1 is 0.947 bits per heavy atom. The van der Waals surface area contributed by atoms with Crippen molar-refractivity contribution in [3.63, 3.8) is 0 Å². The van der Waals surface area contributed by atoms with Crippen LogP contribution in [0.25, 0.3) is 0 Å². The van der Waals surface area contributed by atoms with Gasteiger partial charge in [-0.1, -0.05) is 30.3 Å². The van der Waals surface area contributed by atoms with Crippen LogP contribution in [-0.2, 0) is 14.2 Å². The van der Waals surface area contributed by atoms with E-state index in [4.69, 9.17) is 14.2 Å². The zero-order valence-corrected chi connectivity index (χ0v) is 10.1. The van der Waals surface area contributed by atoms with Crippen molar-refractivity contribution in [3.8, 4) is 0 Å². The average Bonchev–Trinajstić information content (AvgIpc) is 2.46. The van der Waals surface area contributed by atoms with Crippen molar-refractivity contribution in [2.45, 2.75) is 37.0 Å². The Morgan fingerprint density at radius 2 is 1.68 bits per heavy atom. The lowest BCUT2D eigenvalue weighted by Crippen LogP contribution is -2.61. The number of aliphatic hydroxyl groups excluding tert-OH is 3. The number of aliphatic hydroxyl groups is 3. The van der Waals surface area contributed by atoms with Gasteiger partial charge in [0, 0.05) is 5.56 Å². The highest BCUT2D eigenvalue weighted by Gasteiger charge is 2.48. The molecular weight excluding hydrogens is 252 g/mol. The van der Waals surface area contributed by atoms with Crippen LogP contribution in [-0.4, -0.2) is 52.6 Å². The van der Waals surface area contributed by atoms with Crippen molar-refractivity contribution in [2.24, 2.45) is 0 Å². The van der Waals surface area contributed by atoms with Crippen LogP contribution in [0.4, 0.5) is 0 Å². The van der Waals surface area contributed by atoms with Gasteiger partial charge in [0.05, 0.1) is 6.61 Å². The molecule has 0 bridgehead atoms. The quantitative estimate of drug-likeness (QED) is 0.639. The lowest BCUT2D eigenvalue weighted by atomic mass is 9.98. The maximum atomic E-state index is 9.94. The van der Waals surface area contributed by atoms with Gasteiger partial charge in [-0.15, -0.1) is 0 Å². The van der Waals surface area contributed by atoms with Crippen LogP contribution in [0.15, 0.2) is 30.3 Å². The number of rotatable bonds is 1. The maximum Gasteiger partial charge on any atom is 0.184 e. The molecule has 2 aliphatic heterocycles. The van der Waals surface area contributed by atoms with Gasteiger partial charge >= 0.3 is 0 Å². The molecule has 3 rings (SSSR count). The third-order valence-electron chi connectivity index (χ3n) is 3.42. The third-order valence-corrected chi connectivity index (χ3v) is 3.42. The van der Waals surface area contributed by atoms with E-state index in [9.17, 15) is 15.3 Å². The smallest absolute Gasteiger partial charge is 0.184 e. The summed E-state index contributed by atoms with van der Waals surface area (Å²) in [6, 6.07) is 9.31. The Labute approximate surface area is 110 Å². The van der Waals surface area contributed by atoms with E-state index < -0.39 is 37.0 Å². The van der Waals surface area contributed by atoms with E-state index in [2.05, 4.69) is 0 Å². The molecule has 3 N–H and O–H groups in total. The Kier molecular flexibility index (Phi) is 3.53. The summed E-state index contributed by atoms with van der Waals surface area (Å²) in [7, 11) is 0. The molecule has 2 saturated heterocycles. The predicted molar refractivity (Wildman–Crippen MR) is 62.9 cm³/mol. The second kappa shape index (κ2) is 5.16. The number of hydrogen-bond acceptors (Lipinski definition) is 6. The van der Waals surface area contributed by atoms with Crippen LogP contribution in [0.2, 0.25) is 0 Å². The number of ether oxygens (including phenoxy) is 3. The largest absolute Gasteiger partial charge is 0.387 e. The topological polar surface area (TPSA) is 88.4 Å². The van der Waals surface area contributed by atoms with Gasteiger partial charge in [-0.2, -0.15) is 0 Å². The van der Waals surface area contributed by atoms with Gasteiger partial charge in [0.25, 0.3) is 0 Å².